The molecule has 0 bridgehead atoms. The molecule has 0 radical (unpaired) electrons. The van der Waals surface area contributed by atoms with E-state index in [1.165, 1.54) is 11.8 Å². The number of esters is 1. The lowest BCUT2D eigenvalue weighted by molar-refractivity contribution is -0.141. The fourth-order valence-corrected chi connectivity index (χ4v) is 4.85. The number of carbonyl (C=O) groups excluding carboxylic acids is 1. The molecule has 34 heavy (non-hydrogen) atoms. The van der Waals surface area contributed by atoms with Crippen molar-refractivity contribution in [1.82, 2.24) is 14.5 Å². The van der Waals surface area contributed by atoms with Gasteiger partial charge in [0.25, 0.3) is 5.56 Å². The monoisotopic (exact) mass is 469 g/mol. The van der Waals surface area contributed by atoms with Crippen molar-refractivity contribution in [2.75, 3.05) is 5.75 Å². The number of nitrogens with one attached hydrogen (secondary N) is 1. The molecular formula is C27H23N3O3S. The van der Waals surface area contributed by atoms with Gasteiger partial charge in [0, 0.05) is 10.9 Å². The van der Waals surface area contributed by atoms with Gasteiger partial charge in [-0.3, -0.25) is 14.2 Å². The van der Waals surface area contributed by atoms with Crippen LogP contribution in [0.2, 0.25) is 0 Å². The number of carbonyl (C=O) groups is 1. The number of aryl methyl sites for hydroxylation is 2. The third-order valence-electron chi connectivity index (χ3n) is 5.52. The summed E-state index contributed by atoms with van der Waals surface area (Å²) in [5.41, 5.74) is 5.40. The van der Waals surface area contributed by atoms with Gasteiger partial charge in [0.05, 0.1) is 11.4 Å². The van der Waals surface area contributed by atoms with Crippen LogP contribution in [-0.2, 0) is 16.1 Å². The molecule has 0 amide bonds. The lowest BCUT2D eigenvalue weighted by Crippen LogP contribution is -2.22. The Morgan fingerprint density at radius 1 is 1.00 bits per heavy atom. The minimum atomic E-state index is -0.367. The smallest absolute Gasteiger partial charge is 0.316 e. The van der Waals surface area contributed by atoms with Crippen molar-refractivity contribution in [3.63, 3.8) is 0 Å². The number of ether oxygens (including phenoxy) is 1. The summed E-state index contributed by atoms with van der Waals surface area (Å²) in [6, 6.07) is 23.2. The first-order valence-electron chi connectivity index (χ1n) is 10.9. The van der Waals surface area contributed by atoms with Crippen molar-refractivity contribution in [2.24, 2.45) is 0 Å². The molecule has 0 saturated carbocycles. The van der Waals surface area contributed by atoms with Gasteiger partial charge in [-0.1, -0.05) is 66.4 Å². The van der Waals surface area contributed by atoms with Crippen LogP contribution in [0.15, 0.2) is 82.7 Å². The van der Waals surface area contributed by atoms with Gasteiger partial charge in [-0.15, -0.1) is 0 Å². The Kier molecular flexibility index (Phi) is 5.94. The highest BCUT2D eigenvalue weighted by Crippen LogP contribution is 2.27. The van der Waals surface area contributed by atoms with E-state index < -0.39 is 0 Å². The molecule has 0 fully saturated rings. The summed E-state index contributed by atoms with van der Waals surface area (Å²) < 4.78 is 7.00. The molecule has 0 aliphatic carbocycles. The SMILES string of the molecule is Cc1cc(C)cc(-n2c(SCC(=O)OCc3ccccc3)nc3c([nH]c4ccccc43)c2=O)c1. The molecule has 0 aliphatic rings. The standard InChI is InChI=1S/C27H23N3O3S/c1-17-12-18(2)14-20(13-17)30-26(32)25-24(21-10-6-7-11-22(21)28-25)29-27(30)34-16-23(31)33-15-19-8-4-3-5-9-19/h3-14,28H,15-16H2,1-2H3. The van der Waals surface area contributed by atoms with Gasteiger partial charge in [0.2, 0.25) is 0 Å². The molecule has 0 saturated heterocycles. The van der Waals surface area contributed by atoms with E-state index in [-0.39, 0.29) is 23.9 Å². The molecule has 3 aromatic carbocycles. The van der Waals surface area contributed by atoms with E-state index in [1.807, 2.05) is 80.6 Å². The lowest BCUT2D eigenvalue weighted by atomic mass is 10.1. The van der Waals surface area contributed by atoms with Gasteiger partial charge in [-0.2, -0.15) is 0 Å². The number of para-hydroxylation sites is 1. The van der Waals surface area contributed by atoms with Gasteiger partial charge in [-0.05, 0) is 48.7 Å². The number of aromatic amines is 1. The number of hydrogen-bond acceptors (Lipinski definition) is 5. The Bertz CT molecular complexity index is 1550. The van der Waals surface area contributed by atoms with Crippen LogP contribution in [0.5, 0.6) is 0 Å². The molecule has 5 aromatic rings. The van der Waals surface area contributed by atoms with E-state index in [2.05, 4.69) is 11.1 Å². The van der Waals surface area contributed by atoms with E-state index in [4.69, 9.17) is 9.72 Å². The van der Waals surface area contributed by atoms with Crippen LogP contribution in [0.4, 0.5) is 0 Å². The second-order valence-electron chi connectivity index (χ2n) is 8.21. The van der Waals surface area contributed by atoms with Crippen molar-refractivity contribution in [3.8, 4) is 5.69 Å². The maximum absolute atomic E-state index is 13.7. The van der Waals surface area contributed by atoms with Gasteiger partial charge in [0.15, 0.2) is 5.16 Å². The van der Waals surface area contributed by atoms with E-state index in [1.54, 1.807) is 4.57 Å². The van der Waals surface area contributed by atoms with E-state index in [0.717, 1.165) is 33.3 Å². The number of benzene rings is 3. The number of nitrogens with zero attached hydrogens (tertiary/aromatic N) is 2. The van der Waals surface area contributed by atoms with Crippen molar-refractivity contribution in [3.05, 3.63) is 99.8 Å². The second-order valence-corrected chi connectivity index (χ2v) is 9.15. The van der Waals surface area contributed by atoms with E-state index in [0.29, 0.717) is 16.2 Å². The van der Waals surface area contributed by atoms with E-state index >= 15 is 0 Å². The Morgan fingerprint density at radius 2 is 1.71 bits per heavy atom. The molecule has 0 atom stereocenters. The number of hydrogen-bond donors (Lipinski definition) is 1. The largest absolute Gasteiger partial charge is 0.460 e. The Morgan fingerprint density at radius 3 is 2.47 bits per heavy atom. The van der Waals surface area contributed by atoms with Crippen LogP contribution in [0.1, 0.15) is 16.7 Å². The molecule has 0 aliphatic heterocycles. The molecule has 2 heterocycles. The predicted molar refractivity (Wildman–Crippen MR) is 136 cm³/mol. The topological polar surface area (TPSA) is 77.0 Å². The molecular weight excluding hydrogens is 446 g/mol. The van der Waals surface area contributed by atoms with Gasteiger partial charge in [-0.25, -0.2) is 4.98 Å². The van der Waals surface area contributed by atoms with Crippen molar-refractivity contribution in [1.29, 1.82) is 0 Å². The minimum absolute atomic E-state index is 0.0396. The van der Waals surface area contributed by atoms with Crippen LogP contribution in [0.25, 0.3) is 27.6 Å². The summed E-state index contributed by atoms with van der Waals surface area (Å²) in [6.45, 7) is 4.19. The Balaban J connectivity index is 1.54. The number of H-pyrrole nitrogens is 1. The normalized spacial score (nSPS) is 11.2. The third kappa shape index (κ3) is 4.34. The number of thioether (sulfide) groups is 1. The number of aromatic nitrogens is 3. The molecule has 7 heteroatoms. The molecule has 5 rings (SSSR count). The van der Waals surface area contributed by atoms with Crippen molar-refractivity contribution in [2.45, 2.75) is 25.6 Å². The Hall–Kier alpha value is -3.84. The first-order valence-corrected chi connectivity index (χ1v) is 11.9. The fourth-order valence-electron chi connectivity index (χ4n) is 4.05. The lowest BCUT2D eigenvalue weighted by Gasteiger charge is -2.13. The van der Waals surface area contributed by atoms with Crippen LogP contribution in [-0.4, -0.2) is 26.3 Å². The Labute approximate surface area is 200 Å². The van der Waals surface area contributed by atoms with E-state index in [9.17, 15) is 9.59 Å². The first kappa shape index (κ1) is 22.0. The molecule has 0 spiro atoms. The summed E-state index contributed by atoms with van der Waals surface area (Å²) in [7, 11) is 0. The van der Waals surface area contributed by atoms with Crippen LogP contribution in [0, 0.1) is 13.8 Å². The molecule has 0 unspecified atom stereocenters. The van der Waals surface area contributed by atoms with Crippen LogP contribution in [0.3, 0.4) is 0 Å². The number of rotatable bonds is 6. The molecule has 170 valence electrons. The van der Waals surface area contributed by atoms with Crippen molar-refractivity contribution >= 4 is 39.7 Å². The van der Waals surface area contributed by atoms with Gasteiger partial charge >= 0.3 is 5.97 Å². The maximum atomic E-state index is 13.7. The average Bonchev–Trinajstić information content (AvgIpc) is 3.20. The van der Waals surface area contributed by atoms with Crippen LogP contribution >= 0.6 is 11.8 Å². The van der Waals surface area contributed by atoms with Crippen molar-refractivity contribution < 1.29 is 9.53 Å². The summed E-state index contributed by atoms with van der Waals surface area (Å²) in [5, 5.41) is 1.32. The molecule has 1 N–H and O–H groups in total. The second kappa shape index (κ2) is 9.19. The zero-order chi connectivity index (χ0) is 23.7. The summed E-state index contributed by atoms with van der Waals surface area (Å²) in [5.74, 6) is -0.327. The zero-order valence-electron chi connectivity index (χ0n) is 18.9. The first-order chi connectivity index (χ1) is 16.5. The number of fused-ring (bicyclic) bond motifs is 3. The highest BCUT2D eigenvalue weighted by molar-refractivity contribution is 7.99. The summed E-state index contributed by atoms with van der Waals surface area (Å²) in [4.78, 5) is 34.2. The average molecular weight is 470 g/mol. The summed E-state index contributed by atoms with van der Waals surface area (Å²) in [6.07, 6.45) is 0. The fraction of sp³-hybridized carbons (Fsp3) is 0.148. The maximum Gasteiger partial charge on any atom is 0.316 e. The summed E-state index contributed by atoms with van der Waals surface area (Å²) >= 11 is 1.20. The highest BCUT2D eigenvalue weighted by atomic mass is 32.2. The van der Waals surface area contributed by atoms with Crippen LogP contribution < -0.4 is 5.56 Å². The zero-order valence-corrected chi connectivity index (χ0v) is 19.7. The third-order valence-corrected chi connectivity index (χ3v) is 6.43. The quantitative estimate of drug-likeness (QED) is 0.207. The highest BCUT2D eigenvalue weighted by Gasteiger charge is 2.19. The molecule has 2 aromatic heterocycles. The predicted octanol–water partition coefficient (Wildman–Crippen LogP) is 5.32. The van der Waals surface area contributed by atoms with Gasteiger partial charge < -0.3 is 9.72 Å². The molecule has 6 nitrogen and oxygen atoms in total. The minimum Gasteiger partial charge on any atom is -0.460 e. The van der Waals surface area contributed by atoms with Gasteiger partial charge in [0.1, 0.15) is 17.6 Å².